The Morgan fingerprint density at radius 3 is 2.65 bits per heavy atom. The van der Waals surface area contributed by atoms with Gasteiger partial charge in [-0.25, -0.2) is 23.1 Å². The number of pyridine rings is 1. The molecule has 0 atom stereocenters. The minimum atomic E-state index is -2.91. The number of alkyl halides is 2. The number of rotatable bonds is 6. The molecular weight excluding hydrogens is 410 g/mol. The topological polar surface area (TPSA) is 125 Å². The van der Waals surface area contributed by atoms with Crippen molar-refractivity contribution >= 4 is 23.3 Å². The number of hydrogen-bond donors (Lipinski definition) is 2. The maximum Gasteiger partial charge on any atom is 0.344 e. The Morgan fingerprint density at radius 2 is 1.97 bits per heavy atom. The average molecular weight is 430 g/mol. The third-order valence-electron chi connectivity index (χ3n) is 5.29. The molecule has 0 saturated heterocycles. The molecule has 1 saturated carbocycles. The summed E-state index contributed by atoms with van der Waals surface area (Å²) in [6.45, 7) is 0.414. The highest BCUT2D eigenvalue weighted by Crippen LogP contribution is 2.40. The number of carbonyl (C=O) groups excluding carboxylic acids is 2. The Balaban J connectivity index is 1.54. The van der Waals surface area contributed by atoms with Crippen molar-refractivity contribution in [2.24, 2.45) is 5.73 Å². The van der Waals surface area contributed by atoms with Gasteiger partial charge >= 0.3 is 5.97 Å². The number of anilines is 1. The number of amides is 1. The van der Waals surface area contributed by atoms with E-state index in [4.69, 9.17) is 10.5 Å². The third-order valence-corrected chi connectivity index (χ3v) is 5.29. The highest BCUT2D eigenvalue weighted by atomic mass is 19.3. The largest absolute Gasteiger partial charge is 0.445 e. The number of hydrogen-bond acceptors (Lipinski definition) is 7. The number of carbonyl (C=O) groups is 2. The summed E-state index contributed by atoms with van der Waals surface area (Å²) < 4.78 is 33.8. The van der Waals surface area contributed by atoms with Gasteiger partial charge in [-0.3, -0.25) is 9.78 Å². The van der Waals surface area contributed by atoms with Crippen LogP contribution in [0.3, 0.4) is 0 Å². The molecule has 3 N–H and O–H groups in total. The van der Waals surface area contributed by atoms with Crippen molar-refractivity contribution in [2.45, 2.75) is 43.8 Å². The molecule has 0 bridgehead atoms. The summed E-state index contributed by atoms with van der Waals surface area (Å²) in [5.74, 6) is -4.28. The summed E-state index contributed by atoms with van der Waals surface area (Å²) in [5, 5.41) is 7.16. The standard InChI is InChI=1S/C20H20F2N6O3/c21-20(22)7-5-19(6-8-20,18(23)30)31-17(29)14-12-26-28-10-4-15(27-16(14)28)25-11-13-3-1-2-9-24-13/h1-4,9-10,12H,5-8,11H2,(H2,23,30)(H,25,27). The summed E-state index contributed by atoms with van der Waals surface area (Å²) in [7, 11) is 0. The molecule has 3 heterocycles. The lowest BCUT2D eigenvalue weighted by Crippen LogP contribution is -2.51. The van der Waals surface area contributed by atoms with Crippen molar-refractivity contribution in [1.29, 1.82) is 0 Å². The first-order valence-electron chi connectivity index (χ1n) is 9.67. The van der Waals surface area contributed by atoms with Crippen LogP contribution in [0.5, 0.6) is 0 Å². The first kappa shape index (κ1) is 20.6. The highest BCUT2D eigenvalue weighted by molar-refractivity contribution is 5.98. The van der Waals surface area contributed by atoms with Gasteiger partial charge in [0.1, 0.15) is 11.4 Å². The summed E-state index contributed by atoms with van der Waals surface area (Å²) >= 11 is 0. The molecule has 11 heteroatoms. The van der Waals surface area contributed by atoms with Crippen LogP contribution >= 0.6 is 0 Å². The van der Waals surface area contributed by atoms with Crippen molar-refractivity contribution in [1.82, 2.24) is 19.6 Å². The van der Waals surface area contributed by atoms with Gasteiger partial charge in [-0.1, -0.05) is 6.07 Å². The number of aromatic nitrogens is 4. The monoisotopic (exact) mass is 430 g/mol. The molecule has 0 aliphatic heterocycles. The summed E-state index contributed by atoms with van der Waals surface area (Å²) in [6.07, 6.45) is 2.67. The maximum atomic E-state index is 13.5. The van der Waals surface area contributed by atoms with Crippen molar-refractivity contribution in [3.05, 3.63) is 54.1 Å². The molecule has 3 aromatic rings. The number of ether oxygens (including phenoxy) is 1. The second-order valence-electron chi connectivity index (χ2n) is 7.42. The Kier molecular flexibility index (Phi) is 5.25. The van der Waals surface area contributed by atoms with E-state index in [1.54, 1.807) is 18.5 Å². The number of nitrogens with one attached hydrogen (secondary N) is 1. The van der Waals surface area contributed by atoms with Crippen LogP contribution in [0.1, 0.15) is 41.7 Å². The van der Waals surface area contributed by atoms with Gasteiger partial charge in [-0.05, 0) is 18.2 Å². The van der Waals surface area contributed by atoms with Crippen LogP contribution in [0, 0.1) is 0 Å². The van der Waals surface area contributed by atoms with E-state index in [0.29, 0.717) is 12.4 Å². The zero-order valence-corrected chi connectivity index (χ0v) is 16.4. The molecule has 162 valence electrons. The predicted octanol–water partition coefficient (Wildman–Crippen LogP) is 2.33. The fourth-order valence-corrected chi connectivity index (χ4v) is 3.45. The lowest BCUT2D eigenvalue weighted by molar-refractivity contribution is -0.151. The van der Waals surface area contributed by atoms with E-state index in [0.717, 1.165) is 5.69 Å². The Morgan fingerprint density at radius 1 is 1.19 bits per heavy atom. The molecule has 0 aromatic carbocycles. The van der Waals surface area contributed by atoms with E-state index < -0.39 is 36.2 Å². The van der Waals surface area contributed by atoms with Crippen LogP contribution < -0.4 is 11.1 Å². The van der Waals surface area contributed by atoms with Gasteiger partial charge in [0, 0.05) is 38.1 Å². The van der Waals surface area contributed by atoms with Crippen molar-refractivity contribution in [3.63, 3.8) is 0 Å². The second-order valence-corrected chi connectivity index (χ2v) is 7.42. The minimum absolute atomic E-state index is 0.000514. The van der Waals surface area contributed by atoms with Gasteiger partial charge in [-0.15, -0.1) is 0 Å². The zero-order chi connectivity index (χ0) is 22.1. The molecule has 31 heavy (non-hydrogen) atoms. The number of esters is 1. The van der Waals surface area contributed by atoms with Crippen LogP contribution in [0.2, 0.25) is 0 Å². The Hall–Kier alpha value is -3.63. The maximum absolute atomic E-state index is 13.5. The van der Waals surface area contributed by atoms with Crippen LogP contribution in [0.4, 0.5) is 14.6 Å². The van der Waals surface area contributed by atoms with Gasteiger partial charge in [-0.2, -0.15) is 5.10 Å². The van der Waals surface area contributed by atoms with Crippen LogP contribution in [-0.2, 0) is 16.1 Å². The van der Waals surface area contributed by atoms with Gasteiger partial charge < -0.3 is 15.8 Å². The van der Waals surface area contributed by atoms with E-state index in [9.17, 15) is 18.4 Å². The number of halogens is 2. The van der Waals surface area contributed by atoms with Gasteiger partial charge in [0.05, 0.1) is 18.4 Å². The smallest absolute Gasteiger partial charge is 0.344 e. The summed E-state index contributed by atoms with van der Waals surface area (Å²) in [5.41, 5.74) is 4.63. The molecule has 4 rings (SSSR count). The molecule has 1 aliphatic rings. The highest BCUT2D eigenvalue weighted by Gasteiger charge is 2.50. The summed E-state index contributed by atoms with van der Waals surface area (Å²) in [4.78, 5) is 33.4. The molecule has 3 aromatic heterocycles. The van der Waals surface area contributed by atoms with Gasteiger partial charge in [0.2, 0.25) is 5.92 Å². The second kappa shape index (κ2) is 7.89. The molecule has 0 spiro atoms. The average Bonchev–Trinajstić information content (AvgIpc) is 3.18. The van der Waals surface area contributed by atoms with Crippen molar-refractivity contribution in [3.8, 4) is 0 Å². The lowest BCUT2D eigenvalue weighted by Gasteiger charge is -2.36. The van der Waals surface area contributed by atoms with Crippen molar-refractivity contribution in [2.75, 3.05) is 5.32 Å². The van der Waals surface area contributed by atoms with Crippen LogP contribution in [0.25, 0.3) is 5.65 Å². The predicted molar refractivity (Wildman–Crippen MR) is 105 cm³/mol. The van der Waals surface area contributed by atoms with E-state index >= 15 is 0 Å². The van der Waals surface area contributed by atoms with Gasteiger partial charge in [0.15, 0.2) is 11.2 Å². The van der Waals surface area contributed by atoms with E-state index in [2.05, 4.69) is 20.4 Å². The number of fused-ring (bicyclic) bond motifs is 1. The van der Waals surface area contributed by atoms with E-state index in [-0.39, 0.29) is 24.1 Å². The van der Waals surface area contributed by atoms with Gasteiger partial charge in [0.25, 0.3) is 5.91 Å². The number of nitrogens with zero attached hydrogens (tertiary/aromatic N) is 4. The van der Waals surface area contributed by atoms with Crippen molar-refractivity contribution < 1.29 is 23.1 Å². The molecule has 1 amide bonds. The molecule has 1 fully saturated rings. The summed E-state index contributed by atoms with van der Waals surface area (Å²) in [6, 6.07) is 7.20. The molecular formula is C20H20F2N6O3. The Bertz CT molecular complexity index is 1110. The fourth-order valence-electron chi connectivity index (χ4n) is 3.45. The minimum Gasteiger partial charge on any atom is -0.445 e. The number of primary amides is 1. The first-order chi connectivity index (χ1) is 14.8. The SMILES string of the molecule is NC(=O)C1(OC(=O)c2cnn3ccc(NCc4ccccn4)nc23)CCC(F)(F)CC1. The molecule has 0 radical (unpaired) electrons. The zero-order valence-electron chi connectivity index (χ0n) is 16.4. The quantitative estimate of drug-likeness (QED) is 0.575. The van der Waals surface area contributed by atoms with E-state index in [1.807, 2.05) is 18.2 Å². The molecule has 0 unspecified atom stereocenters. The van der Waals surface area contributed by atoms with Crippen LogP contribution in [0.15, 0.2) is 42.9 Å². The molecule has 1 aliphatic carbocycles. The first-order valence-corrected chi connectivity index (χ1v) is 9.67. The Labute approximate surface area is 175 Å². The normalized spacial score (nSPS) is 17.2. The third kappa shape index (κ3) is 4.30. The number of nitrogens with two attached hydrogens (primary N) is 1. The fraction of sp³-hybridized carbons (Fsp3) is 0.350. The molecule has 9 nitrogen and oxygen atoms in total. The van der Waals surface area contributed by atoms with E-state index in [1.165, 1.54) is 10.7 Å². The van der Waals surface area contributed by atoms with Crippen LogP contribution in [-0.4, -0.2) is 43.0 Å². The lowest BCUT2D eigenvalue weighted by atomic mass is 9.82.